The van der Waals surface area contributed by atoms with E-state index in [-0.39, 0.29) is 27.4 Å². The minimum Gasteiger partial charge on any atom is -0.451 e. The molecule has 4 rings (SSSR count). The minimum absolute atomic E-state index is 0.00623. The molecule has 0 saturated heterocycles. The Labute approximate surface area is 227 Å². The van der Waals surface area contributed by atoms with E-state index in [4.69, 9.17) is 21.1 Å². The first kappa shape index (κ1) is 27.7. The zero-order valence-corrected chi connectivity index (χ0v) is 21.6. The van der Waals surface area contributed by atoms with Crippen LogP contribution in [0.3, 0.4) is 0 Å². The summed E-state index contributed by atoms with van der Waals surface area (Å²) in [6.07, 6.45) is -4.83. The van der Waals surface area contributed by atoms with Crippen molar-refractivity contribution in [3.8, 4) is 0 Å². The van der Waals surface area contributed by atoms with Crippen molar-refractivity contribution in [1.82, 2.24) is 0 Å². The fourth-order valence-corrected chi connectivity index (χ4v) is 4.48. The predicted molar refractivity (Wildman–Crippen MR) is 139 cm³/mol. The molecule has 0 fully saturated rings. The second kappa shape index (κ2) is 11.2. The van der Waals surface area contributed by atoms with Gasteiger partial charge in [-0.25, -0.2) is 8.78 Å². The third-order valence-corrected chi connectivity index (χ3v) is 6.24. The van der Waals surface area contributed by atoms with Crippen LogP contribution in [0.5, 0.6) is 0 Å². The van der Waals surface area contributed by atoms with Gasteiger partial charge in [0.2, 0.25) is 0 Å². The number of fused-ring (bicyclic) bond motifs is 1. The highest BCUT2D eigenvalue weighted by molar-refractivity contribution is 6.34. The second-order valence-electron chi connectivity index (χ2n) is 8.76. The third-order valence-electron chi connectivity index (χ3n) is 5.91. The van der Waals surface area contributed by atoms with Gasteiger partial charge in [-0.15, -0.1) is 0 Å². The van der Waals surface area contributed by atoms with Gasteiger partial charge in [0.25, 0.3) is 17.7 Å². The average molecular weight is 557 g/mol. The zero-order chi connectivity index (χ0) is 28.3. The molecule has 0 saturated carbocycles. The summed E-state index contributed by atoms with van der Waals surface area (Å²) in [5.74, 6) is -6.71. The highest BCUT2D eigenvalue weighted by Crippen LogP contribution is 2.47. The number of hydrogen-bond acceptors (Lipinski definition) is 6. The Morgan fingerprint density at radius 3 is 2.15 bits per heavy atom. The number of nitrogens with zero attached hydrogens (tertiary/aromatic N) is 1. The van der Waals surface area contributed by atoms with Gasteiger partial charge in [-0.3, -0.25) is 24.1 Å². The van der Waals surface area contributed by atoms with Gasteiger partial charge in [0.05, 0.1) is 22.7 Å². The van der Waals surface area contributed by atoms with Crippen molar-refractivity contribution < 1.29 is 37.4 Å². The number of benzene rings is 3. The quantitative estimate of drug-likeness (QED) is 0.400. The molecule has 2 unspecified atom stereocenters. The Balaban J connectivity index is 1.69. The van der Waals surface area contributed by atoms with Crippen molar-refractivity contribution in [2.24, 2.45) is 0 Å². The number of amides is 2. The van der Waals surface area contributed by atoms with Crippen molar-refractivity contribution in [1.29, 1.82) is 0 Å². The van der Waals surface area contributed by atoms with Crippen LogP contribution in [0, 0.1) is 0 Å². The van der Waals surface area contributed by atoms with Gasteiger partial charge in [-0.2, -0.15) is 0 Å². The number of para-hydroxylation sites is 1. The maximum absolute atomic E-state index is 15.4. The van der Waals surface area contributed by atoms with Crippen LogP contribution in [0.15, 0.2) is 72.8 Å². The van der Waals surface area contributed by atoms with Gasteiger partial charge in [0.15, 0.2) is 12.3 Å². The normalized spacial score (nSPS) is 17.8. The van der Waals surface area contributed by atoms with E-state index in [1.165, 1.54) is 48.5 Å². The van der Waals surface area contributed by atoms with Crippen LogP contribution in [0.25, 0.3) is 0 Å². The molecule has 0 radical (unpaired) electrons. The molecule has 1 N–H and O–H groups in total. The summed E-state index contributed by atoms with van der Waals surface area (Å²) in [4.78, 5) is 50.8. The number of alkyl halides is 2. The molecule has 0 aliphatic carbocycles. The molecule has 39 heavy (non-hydrogen) atoms. The van der Waals surface area contributed by atoms with Crippen LogP contribution in [-0.2, 0) is 19.1 Å². The van der Waals surface area contributed by atoms with E-state index in [2.05, 4.69) is 5.32 Å². The van der Waals surface area contributed by atoms with Gasteiger partial charge < -0.3 is 14.8 Å². The standard InChI is InChI=1S/C28H23ClF2N2O6/c1-16(34)38-24-15-28(30,31)25(39-17(2)35)21-8-4-6-10-23(21)33(24)27(37)18-11-13-19(14-12-18)32-26(36)20-7-3-5-9-22(20)29/h3-14,24-25H,15H2,1-2H3,(H,32,36). The van der Waals surface area contributed by atoms with E-state index in [1.807, 2.05) is 0 Å². The van der Waals surface area contributed by atoms with Crippen LogP contribution in [-0.4, -0.2) is 35.9 Å². The van der Waals surface area contributed by atoms with Crippen LogP contribution >= 0.6 is 11.6 Å². The van der Waals surface area contributed by atoms with E-state index >= 15 is 8.78 Å². The van der Waals surface area contributed by atoms with Gasteiger partial charge in [-0.05, 0) is 42.5 Å². The lowest BCUT2D eigenvalue weighted by Crippen LogP contribution is -2.45. The monoisotopic (exact) mass is 556 g/mol. The molecule has 3 aromatic rings. The number of rotatable bonds is 5. The third kappa shape index (κ3) is 6.06. The lowest BCUT2D eigenvalue weighted by Gasteiger charge is -2.31. The fourth-order valence-electron chi connectivity index (χ4n) is 4.26. The number of nitrogens with one attached hydrogen (secondary N) is 1. The van der Waals surface area contributed by atoms with Gasteiger partial charge in [0.1, 0.15) is 0 Å². The Morgan fingerprint density at radius 1 is 0.897 bits per heavy atom. The van der Waals surface area contributed by atoms with Gasteiger partial charge in [-0.1, -0.05) is 41.9 Å². The van der Waals surface area contributed by atoms with E-state index in [9.17, 15) is 19.2 Å². The van der Waals surface area contributed by atoms with Crippen LogP contribution < -0.4 is 10.2 Å². The lowest BCUT2D eigenvalue weighted by atomic mass is 10.0. The number of carbonyl (C=O) groups is 4. The zero-order valence-electron chi connectivity index (χ0n) is 20.8. The molecule has 1 aliphatic heterocycles. The number of carbonyl (C=O) groups excluding carboxylic acids is 4. The van der Waals surface area contributed by atoms with Crippen molar-refractivity contribution in [3.05, 3.63) is 94.5 Å². The average Bonchev–Trinajstić information content (AvgIpc) is 2.95. The van der Waals surface area contributed by atoms with Crippen LogP contribution in [0.4, 0.5) is 20.2 Å². The summed E-state index contributed by atoms with van der Waals surface area (Å²) >= 11 is 6.07. The topological polar surface area (TPSA) is 102 Å². The summed E-state index contributed by atoms with van der Waals surface area (Å²) in [5.41, 5.74) is 0.545. The molecule has 0 spiro atoms. The molecular weight excluding hydrogens is 534 g/mol. The second-order valence-corrected chi connectivity index (χ2v) is 9.17. The maximum Gasteiger partial charge on any atom is 0.304 e. The van der Waals surface area contributed by atoms with Crippen molar-refractivity contribution >= 4 is 46.7 Å². The highest BCUT2D eigenvalue weighted by Gasteiger charge is 2.52. The molecular formula is C28H23ClF2N2O6. The highest BCUT2D eigenvalue weighted by atomic mass is 35.5. The Bertz CT molecular complexity index is 1430. The minimum atomic E-state index is -3.68. The number of anilines is 2. The first-order chi connectivity index (χ1) is 18.5. The predicted octanol–water partition coefficient (Wildman–Crippen LogP) is 5.77. The molecule has 8 nitrogen and oxygen atoms in total. The molecule has 1 heterocycles. The Morgan fingerprint density at radius 2 is 1.51 bits per heavy atom. The molecule has 2 atom stereocenters. The smallest absolute Gasteiger partial charge is 0.304 e. The number of ether oxygens (including phenoxy) is 2. The van der Waals surface area contributed by atoms with Crippen molar-refractivity contribution in [3.63, 3.8) is 0 Å². The summed E-state index contributed by atoms with van der Waals surface area (Å²) in [6.45, 7) is 2.04. The largest absolute Gasteiger partial charge is 0.451 e. The number of esters is 2. The first-order valence-electron chi connectivity index (χ1n) is 11.8. The molecule has 1 aliphatic rings. The lowest BCUT2D eigenvalue weighted by molar-refractivity contribution is -0.181. The SMILES string of the molecule is CC(=O)OC1CC(F)(F)C(OC(C)=O)c2ccccc2N1C(=O)c1ccc(NC(=O)c2ccccc2Cl)cc1. The number of halogens is 3. The molecule has 202 valence electrons. The van der Waals surface area contributed by atoms with Crippen molar-refractivity contribution in [2.75, 3.05) is 10.2 Å². The first-order valence-corrected chi connectivity index (χ1v) is 12.2. The Kier molecular flexibility index (Phi) is 7.96. The van der Waals surface area contributed by atoms with Crippen LogP contribution in [0.1, 0.15) is 52.7 Å². The van der Waals surface area contributed by atoms with Gasteiger partial charge >= 0.3 is 11.9 Å². The molecule has 3 aromatic carbocycles. The molecule has 11 heteroatoms. The maximum atomic E-state index is 15.4. The van der Waals surface area contributed by atoms with E-state index in [0.717, 1.165) is 18.7 Å². The summed E-state index contributed by atoms with van der Waals surface area (Å²) in [6, 6.07) is 17.9. The molecule has 2 amide bonds. The Hall–Kier alpha value is -4.31. The summed E-state index contributed by atoms with van der Waals surface area (Å²) in [5, 5.41) is 2.94. The van der Waals surface area contributed by atoms with Crippen LogP contribution in [0.2, 0.25) is 5.02 Å². The van der Waals surface area contributed by atoms with Gasteiger partial charge in [0, 0.05) is 30.7 Å². The van der Waals surface area contributed by atoms with E-state index < -0.39 is 48.4 Å². The summed E-state index contributed by atoms with van der Waals surface area (Å²) in [7, 11) is 0. The molecule has 0 aromatic heterocycles. The van der Waals surface area contributed by atoms with E-state index in [1.54, 1.807) is 24.3 Å². The fraction of sp³-hybridized carbons (Fsp3) is 0.214. The van der Waals surface area contributed by atoms with Crippen molar-refractivity contribution in [2.45, 2.75) is 38.5 Å². The number of hydrogen-bond donors (Lipinski definition) is 1. The van der Waals surface area contributed by atoms with E-state index in [0.29, 0.717) is 5.69 Å². The molecule has 0 bridgehead atoms. The summed E-state index contributed by atoms with van der Waals surface area (Å²) < 4.78 is 41.0.